The lowest BCUT2D eigenvalue weighted by Gasteiger charge is -2.44. The van der Waals surface area contributed by atoms with Gasteiger partial charge in [-0.05, 0) is 49.8 Å². The molecule has 2 aromatic carbocycles. The number of nitrogens with zero attached hydrogens (tertiary/aromatic N) is 2. The Morgan fingerprint density at radius 2 is 1.70 bits per heavy atom. The highest BCUT2D eigenvalue weighted by molar-refractivity contribution is 5.99. The second-order valence-corrected chi connectivity index (χ2v) is 8.50. The molecule has 142 valence electrons. The fourth-order valence-electron chi connectivity index (χ4n) is 5.45. The number of fused-ring (bicyclic) bond motifs is 4. The molecule has 0 N–H and O–H groups in total. The van der Waals surface area contributed by atoms with Gasteiger partial charge in [0, 0.05) is 6.42 Å². The van der Waals surface area contributed by atoms with Crippen molar-refractivity contribution in [1.29, 1.82) is 0 Å². The summed E-state index contributed by atoms with van der Waals surface area (Å²) >= 11 is 0. The second kappa shape index (κ2) is 7.43. The van der Waals surface area contributed by atoms with Crippen LogP contribution in [0.4, 0.5) is 0 Å². The highest BCUT2D eigenvalue weighted by Crippen LogP contribution is 2.42. The first-order chi connectivity index (χ1) is 12.8. The fourth-order valence-corrected chi connectivity index (χ4v) is 5.45. The van der Waals surface area contributed by atoms with Crippen molar-refractivity contribution >= 4 is 5.84 Å². The number of halogens is 1. The number of aryl methyl sites for hydroxylation is 1. The standard InChI is InChI=1S/C24H29N2.BrH/c1-19-9-11-20(12-10-19)18-25-15-16-26-23(25)22-8-4-3-7-21(22)17-24(26)13-5-2-6-14-24;/h3-4,7-12H,2,5-6,13-18H2,1H3;1H/q+1;/p-1. The van der Waals surface area contributed by atoms with Crippen LogP contribution >= 0.6 is 0 Å². The Bertz CT molecular complexity index is 847. The smallest absolute Gasteiger partial charge is 0.280 e. The first kappa shape index (κ1) is 18.7. The SMILES string of the molecule is Cc1ccc(C[N+]2=C3c4ccccc4CC4(CCCCC4)N3CC2)cc1.[Br-]. The average molecular weight is 425 g/mol. The molecule has 1 spiro atoms. The number of rotatable bonds is 2. The summed E-state index contributed by atoms with van der Waals surface area (Å²) < 4.78 is 2.64. The third kappa shape index (κ3) is 3.24. The molecule has 0 saturated heterocycles. The van der Waals surface area contributed by atoms with Gasteiger partial charge in [-0.25, -0.2) is 0 Å². The minimum Gasteiger partial charge on any atom is -1.00 e. The molecule has 2 nitrogen and oxygen atoms in total. The van der Waals surface area contributed by atoms with E-state index < -0.39 is 0 Å². The summed E-state index contributed by atoms with van der Waals surface area (Å²) in [4.78, 5) is 2.81. The maximum absolute atomic E-state index is 2.81. The third-order valence-electron chi connectivity index (χ3n) is 6.78. The summed E-state index contributed by atoms with van der Waals surface area (Å²) in [6.07, 6.45) is 8.17. The van der Waals surface area contributed by atoms with Crippen LogP contribution in [-0.4, -0.2) is 33.9 Å². The predicted octanol–water partition coefficient (Wildman–Crippen LogP) is 1.53. The molecule has 3 aliphatic rings. The molecule has 2 aromatic rings. The molecule has 0 atom stereocenters. The van der Waals surface area contributed by atoms with Crippen molar-refractivity contribution in [2.24, 2.45) is 0 Å². The van der Waals surface area contributed by atoms with E-state index >= 15 is 0 Å². The van der Waals surface area contributed by atoms with Crippen LogP contribution in [0.3, 0.4) is 0 Å². The Labute approximate surface area is 173 Å². The molecule has 1 aliphatic carbocycles. The number of benzene rings is 2. The van der Waals surface area contributed by atoms with Crippen molar-refractivity contribution in [2.75, 3.05) is 13.1 Å². The quantitative estimate of drug-likeness (QED) is 0.662. The summed E-state index contributed by atoms with van der Waals surface area (Å²) in [5.41, 5.74) is 6.19. The van der Waals surface area contributed by atoms with E-state index in [0.717, 1.165) is 13.1 Å². The van der Waals surface area contributed by atoms with Crippen molar-refractivity contribution in [3.8, 4) is 0 Å². The molecule has 5 rings (SSSR count). The topological polar surface area (TPSA) is 6.25 Å². The zero-order valence-corrected chi connectivity index (χ0v) is 17.8. The molecular formula is C24H29BrN2. The average Bonchev–Trinajstić information content (AvgIpc) is 3.10. The molecule has 0 radical (unpaired) electrons. The van der Waals surface area contributed by atoms with Crippen LogP contribution in [0, 0.1) is 6.92 Å². The highest BCUT2D eigenvalue weighted by atomic mass is 79.9. The highest BCUT2D eigenvalue weighted by Gasteiger charge is 2.52. The Kier molecular flexibility index (Phi) is 5.15. The van der Waals surface area contributed by atoms with E-state index in [-0.39, 0.29) is 17.0 Å². The van der Waals surface area contributed by atoms with Crippen LogP contribution in [0.5, 0.6) is 0 Å². The van der Waals surface area contributed by atoms with Gasteiger partial charge in [0.2, 0.25) is 0 Å². The Hall–Kier alpha value is -1.61. The second-order valence-electron chi connectivity index (χ2n) is 8.50. The molecule has 27 heavy (non-hydrogen) atoms. The molecule has 2 heterocycles. The van der Waals surface area contributed by atoms with Crippen LogP contribution < -0.4 is 17.0 Å². The van der Waals surface area contributed by atoms with Crippen molar-refractivity contribution < 1.29 is 21.6 Å². The van der Waals surface area contributed by atoms with Crippen LogP contribution in [0.15, 0.2) is 48.5 Å². The van der Waals surface area contributed by atoms with Crippen molar-refractivity contribution in [3.63, 3.8) is 0 Å². The van der Waals surface area contributed by atoms with Gasteiger partial charge in [0.25, 0.3) is 5.84 Å². The van der Waals surface area contributed by atoms with Crippen LogP contribution in [-0.2, 0) is 13.0 Å². The summed E-state index contributed by atoms with van der Waals surface area (Å²) in [7, 11) is 0. The van der Waals surface area contributed by atoms with Gasteiger partial charge < -0.3 is 17.0 Å². The number of hydrogen-bond donors (Lipinski definition) is 0. The van der Waals surface area contributed by atoms with Gasteiger partial charge in [-0.15, -0.1) is 0 Å². The van der Waals surface area contributed by atoms with E-state index in [1.807, 2.05) is 0 Å². The van der Waals surface area contributed by atoms with E-state index in [9.17, 15) is 0 Å². The zero-order valence-electron chi connectivity index (χ0n) is 16.3. The van der Waals surface area contributed by atoms with Gasteiger partial charge in [-0.2, -0.15) is 0 Å². The Morgan fingerprint density at radius 1 is 0.963 bits per heavy atom. The van der Waals surface area contributed by atoms with Gasteiger partial charge in [0.05, 0.1) is 5.56 Å². The number of amidine groups is 1. The normalized spacial score (nSPS) is 20.3. The molecule has 0 aromatic heterocycles. The molecule has 1 saturated carbocycles. The molecule has 0 bridgehead atoms. The van der Waals surface area contributed by atoms with E-state index in [1.165, 1.54) is 67.6 Å². The lowest BCUT2D eigenvalue weighted by Crippen LogP contribution is -3.00. The maximum atomic E-state index is 2.81. The minimum atomic E-state index is 0. The first-order valence-corrected chi connectivity index (χ1v) is 10.3. The summed E-state index contributed by atoms with van der Waals surface area (Å²) in [6.45, 7) is 5.53. The molecular weight excluding hydrogens is 396 g/mol. The molecule has 3 heteroatoms. The van der Waals surface area contributed by atoms with E-state index in [2.05, 4.69) is 64.9 Å². The van der Waals surface area contributed by atoms with Crippen LogP contribution in [0.25, 0.3) is 0 Å². The third-order valence-corrected chi connectivity index (χ3v) is 6.78. The van der Waals surface area contributed by atoms with Crippen molar-refractivity contribution in [3.05, 3.63) is 70.8 Å². The monoisotopic (exact) mass is 424 g/mol. The van der Waals surface area contributed by atoms with Gasteiger partial charge in [0.15, 0.2) is 0 Å². The minimum absolute atomic E-state index is 0. The van der Waals surface area contributed by atoms with E-state index in [1.54, 1.807) is 5.56 Å². The summed E-state index contributed by atoms with van der Waals surface area (Å²) in [6, 6.07) is 18.2. The van der Waals surface area contributed by atoms with Crippen LogP contribution in [0.1, 0.15) is 54.4 Å². The van der Waals surface area contributed by atoms with Gasteiger partial charge in [-0.1, -0.05) is 54.4 Å². The molecule has 2 aliphatic heterocycles. The van der Waals surface area contributed by atoms with Gasteiger partial charge >= 0.3 is 0 Å². The van der Waals surface area contributed by atoms with Crippen molar-refractivity contribution in [1.82, 2.24) is 4.90 Å². The van der Waals surface area contributed by atoms with Gasteiger partial charge in [0.1, 0.15) is 25.2 Å². The lowest BCUT2D eigenvalue weighted by atomic mass is 9.73. The van der Waals surface area contributed by atoms with E-state index in [4.69, 9.17) is 0 Å². The molecule has 0 amide bonds. The fraction of sp³-hybridized carbons (Fsp3) is 0.458. The number of hydrogen-bond acceptors (Lipinski definition) is 1. The van der Waals surface area contributed by atoms with E-state index in [0.29, 0.717) is 5.54 Å². The van der Waals surface area contributed by atoms with Crippen LogP contribution in [0.2, 0.25) is 0 Å². The predicted molar refractivity (Wildman–Crippen MR) is 107 cm³/mol. The Balaban J connectivity index is 0.00000180. The molecule has 0 unspecified atom stereocenters. The van der Waals surface area contributed by atoms with Gasteiger partial charge in [-0.3, -0.25) is 9.48 Å². The lowest BCUT2D eigenvalue weighted by molar-refractivity contribution is -0.534. The maximum Gasteiger partial charge on any atom is 0.280 e. The summed E-state index contributed by atoms with van der Waals surface area (Å²) in [5, 5.41) is 0. The Morgan fingerprint density at radius 3 is 2.48 bits per heavy atom. The first-order valence-electron chi connectivity index (χ1n) is 10.3. The summed E-state index contributed by atoms with van der Waals surface area (Å²) in [5.74, 6) is 1.51. The largest absolute Gasteiger partial charge is 1.00 e. The molecule has 1 fully saturated rings. The zero-order chi connectivity index (χ0) is 17.6. The van der Waals surface area contributed by atoms with Crippen molar-refractivity contribution in [2.45, 2.75) is 57.5 Å².